The third-order valence-corrected chi connectivity index (χ3v) is 2.63. The molecular weight excluding hydrogens is 192 g/mol. The van der Waals surface area contributed by atoms with Gasteiger partial charge in [0, 0.05) is 19.2 Å². The molecule has 2 aromatic rings. The Hall–Kier alpha value is -1.84. The van der Waals surface area contributed by atoms with Crippen LogP contribution >= 0.6 is 0 Å². The summed E-state index contributed by atoms with van der Waals surface area (Å²) in [6.07, 6.45) is 0.752. The predicted molar refractivity (Wildman–Crippen MR) is 58.2 cm³/mol. The van der Waals surface area contributed by atoms with Gasteiger partial charge in [0.1, 0.15) is 6.29 Å². The molecule has 2 rings (SSSR count). The molecule has 0 N–H and O–H groups in total. The lowest BCUT2D eigenvalue weighted by atomic mass is 10.2. The summed E-state index contributed by atoms with van der Waals surface area (Å²) >= 11 is 0. The minimum atomic E-state index is -0.0429. The van der Waals surface area contributed by atoms with Crippen LogP contribution in [-0.4, -0.2) is 15.6 Å². The number of nitrogens with zero attached hydrogens (tertiary/aromatic N) is 2. The van der Waals surface area contributed by atoms with Gasteiger partial charge >= 0.3 is 0 Å². The number of hydrogen-bond acceptors (Lipinski definition) is 2. The Bertz CT molecular complexity index is 578. The molecule has 1 aromatic heterocycles. The van der Waals surface area contributed by atoms with Crippen molar-refractivity contribution in [2.45, 2.75) is 13.5 Å². The molecule has 0 amide bonds. The first-order chi connectivity index (χ1) is 7.19. The summed E-state index contributed by atoms with van der Waals surface area (Å²) < 4.78 is 3.45. The Balaban J connectivity index is 2.90. The molecule has 0 saturated heterocycles. The highest BCUT2D eigenvalue weighted by molar-refractivity contribution is 5.86. The third kappa shape index (κ3) is 1.29. The van der Waals surface area contributed by atoms with Gasteiger partial charge in [0.15, 0.2) is 0 Å². The van der Waals surface area contributed by atoms with Crippen LogP contribution in [0.1, 0.15) is 17.3 Å². The van der Waals surface area contributed by atoms with E-state index in [0.29, 0.717) is 17.5 Å². The van der Waals surface area contributed by atoms with Crippen LogP contribution in [0.15, 0.2) is 23.0 Å². The van der Waals surface area contributed by atoms with Crippen LogP contribution in [0.3, 0.4) is 0 Å². The monoisotopic (exact) mass is 204 g/mol. The molecule has 0 aliphatic heterocycles. The molecule has 0 aliphatic rings. The second kappa shape index (κ2) is 3.38. The summed E-state index contributed by atoms with van der Waals surface area (Å²) in [5.41, 5.74) is 1.35. The van der Waals surface area contributed by atoms with Crippen LogP contribution in [0.4, 0.5) is 0 Å². The van der Waals surface area contributed by atoms with Crippen molar-refractivity contribution in [2.75, 3.05) is 0 Å². The van der Waals surface area contributed by atoms with Crippen LogP contribution in [0.5, 0.6) is 0 Å². The molecule has 1 heterocycles. The van der Waals surface area contributed by atoms with E-state index >= 15 is 0 Å². The second-order valence-electron chi connectivity index (χ2n) is 3.44. The molecule has 15 heavy (non-hydrogen) atoms. The SMILES string of the molecule is CCn1c(=O)c2cc(C=O)ccc2n1C. The highest BCUT2D eigenvalue weighted by atomic mass is 16.1. The van der Waals surface area contributed by atoms with Crippen molar-refractivity contribution < 1.29 is 4.79 Å². The molecule has 0 bridgehead atoms. The van der Waals surface area contributed by atoms with Gasteiger partial charge < -0.3 is 0 Å². The lowest BCUT2D eigenvalue weighted by Crippen LogP contribution is -2.19. The standard InChI is InChI=1S/C11H12N2O2/c1-3-13-11(15)9-6-8(7-14)4-5-10(9)12(13)2/h4-7H,3H2,1-2H3. The molecule has 0 unspecified atom stereocenters. The van der Waals surface area contributed by atoms with Gasteiger partial charge in [0.2, 0.25) is 0 Å². The lowest BCUT2D eigenvalue weighted by Gasteiger charge is -2.02. The molecular formula is C11H12N2O2. The van der Waals surface area contributed by atoms with Crippen molar-refractivity contribution in [1.29, 1.82) is 0 Å². The Kier molecular flexibility index (Phi) is 2.19. The zero-order valence-corrected chi connectivity index (χ0v) is 8.73. The van der Waals surface area contributed by atoms with Gasteiger partial charge in [0.05, 0.1) is 10.9 Å². The van der Waals surface area contributed by atoms with Gasteiger partial charge in [-0.3, -0.25) is 19.0 Å². The lowest BCUT2D eigenvalue weighted by molar-refractivity contribution is 0.112. The fourth-order valence-electron chi connectivity index (χ4n) is 1.84. The number of rotatable bonds is 2. The number of aldehydes is 1. The van der Waals surface area contributed by atoms with Gasteiger partial charge in [-0.1, -0.05) is 0 Å². The number of benzene rings is 1. The van der Waals surface area contributed by atoms with E-state index in [-0.39, 0.29) is 5.56 Å². The Labute approximate surface area is 86.7 Å². The van der Waals surface area contributed by atoms with Crippen LogP contribution in [-0.2, 0) is 13.6 Å². The Morgan fingerprint density at radius 3 is 2.73 bits per heavy atom. The van der Waals surface area contributed by atoms with Crippen molar-refractivity contribution in [2.24, 2.45) is 7.05 Å². The minimum absolute atomic E-state index is 0.0429. The molecule has 0 spiro atoms. The second-order valence-corrected chi connectivity index (χ2v) is 3.44. The number of aromatic nitrogens is 2. The molecule has 4 heteroatoms. The largest absolute Gasteiger partial charge is 0.298 e. The van der Waals surface area contributed by atoms with Crippen LogP contribution in [0.25, 0.3) is 10.9 Å². The van der Waals surface area contributed by atoms with E-state index in [0.717, 1.165) is 11.8 Å². The maximum absolute atomic E-state index is 11.9. The highest BCUT2D eigenvalue weighted by Gasteiger charge is 2.09. The fourth-order valence-corrected chi connectivity index (χ4v) is 1.84. The topological polar surface area (TPSA) is 44.0 Å². The smallest absolute Gasteiger partial charge is 0.274 e. The van der Waals surface area contributed by atoms with E-state index in [9.17, 15) is 9.59 Å². The first-order valence-electron chi connectivity index (χ1n) is 4.83. The molecule has 1 aromatic carbocycles. The average Bonchev–Trinajstić information content (AvgIpc) is 2.51. The average molecular weight is 204 g/mol. The van der Waals surface area contributed by atoms with Gasteiger partial charge in [-0.05, 0) is 25.1 Å². The molecule has 0 atom stereocenters. The number of fused-ring (bicyclic) bond motifs is 1. The minimum Gasteiger partial charge on any atom is -0.298 e. The van der Waals surface area contributed by atoms with Crippen LogP contribution in [0.2, 0.25) is 0 Å². The Morgan fingerprint density at radius 2 is 2.13 bits per heavy atom. The number of carbonyl (C=O) groups is 1. The zero-order chi connectivity index (χ0) is 11.0. The summed E-state index contributed by atoms with van der Waals surface area (Å²) in [4.78, 5) is 22.5. The third-order valence-electron chi connectivity index (χ3n) is 2.63. The molecule has 0 fully saturated rings. The zero-order valence-electron chi connectivity index (χ0n) is 8.73. The molecule has 78 valence electrons. The van der Waals surface area contributed by atoms with E-state index < -0.39 is 0 Å². The number of carbonyl (C=O) groups excluding carboxylic acids is 1. The molecule has 4 nitrogen and oxygen atoms in total. The summed E-state index contributed by atoms with van der Waals surface area (Å²) in [6, 6.07) is 5.15. The van der Waals surface area contributed by atoms with Gasteiger partial charge in [-0.15, -0.1) is 0 Å². The van der Waals surface area contributed by atoms with Crippen LogP contribution < -0.4 is 5.56 Å². The van der Waals surface area contributed by atoms with E-state index in [1.807, 2.05) is 18.7 Å². The summed E-state index contributed by atoms with van der Waals surface area (Å²) in [5.74, 6) is 0. The highest BCUT2D eigenvalue weighted by Crippen LogP contribution is 2.11. The van der Waals surface area contributed by atoms with Crippen molar-refractivity contribution in [3.05, 3.63) is 34.1 Å². The van der Waals surface area contributed by atoms with Crippen molar-refractivity contribution in [3.8, 4) is 0 Å². The number of aryl methyl sites for hydroxylation is 1. The van der Waals surface area contributed by atoms with Gasteiger partial charge in [0.25, 0.3) is 5.56 Å². The van der Waals surface area contributed by atoms with E-state index in [1.54, 1.807) is 22.9 Å². The van der Waals surface area contributed by atoms with E-state index in [4.69, 9.17) is 0 Å². The molecule has 0 aliphatic carbocycles. The summed E-state index contributed by atoms with van der Waals surface area (Å²) in [7, 11) is 1.84. The van der Waals surface area contributed by atoms with Gasteiger partial charge in [-0.2, -0.15) is 0 Å². The Morgan fingerprint density at radius 1 is 1.40 bits per heavy atom. The van der Waals surface area contributed by atoms with E-state index in [2.05, 4.69) is 0 Å². The summed E-state index contributed by atoms with van der Waals surface area (Å²) in [5, 5.41) is 0.601. The van der Waals surface area contributed by atoms with Gasteiger partial charge in [-0.25, -0.2) is 0 Å². The van der Waals surface area contributed by atoms with Crippen molar-refractivity contribution >= 4 is 17.2 Å². The van der Waals surface area contributed by atoms with Crippen LogP contribution in [0, 0.1) is 0 Å². The van der Waals surface area contributed by atoms with Crippen molar-refractivity contribution in [3.63, 3.8) is 0 Å². The quantitative estimate of drug-likeness (QED) is 0.689. The predicted octanol–water partition coefficient (Wildman–Crippen LogP) is 1.17. The maximum atomic E-state index is 11.9. The van der Waals surface area contributed by atoms with Crippen molar-refractivity contribution in [1.82, 2.24) is 9.36 Å². The fraction of sp³-hybridized carbons (Fsp3) is 0.273. The normalized spacial score (nSPS) is 10.8. The first-order valence-corrected chi connectivity index (χ1v) is 4.83. The van der Waals surface area contributed by atoms with E-state index in [1.165, 1.54) is 0 Å². The number of hydrogen-bond donors (Lipinski definition) is 0. The molecule has 0 saturated carbocycles. The molecule has 0 radical (unpaired) electrons. The summed E-state index contributed by atoms with van der Waals surface area (Å²) in [6.45, 7) is 2.54. The maximum Gasteiger partial charge on any atom is 0.274 e. The first kappa shape index (κ1) is 9.71.